The van der Waals surface area contributed by atoms with Gasteiger partial charge in [0, 0.05) is 23.2 Å². The summed E-state index contributed by atoms with van der Waals surface area (Å²) < 4.78 is 2.28. The van der Waals surface area contributed by atoms with E-state index >= 15 is 0 Å². The summed E-state index contributed by atoms with van der Waals surface area (Å²) in [4.78, 5) is 9.85. The van der Waals surface area contributed by atoms with Gasteiger partial charge in [0.1, 0.15) is 5.82 Å². The van der Waals surface area contributed by atoms with E-state index in [0.717, 1.165) is 68.0 Å². The fourth-order valence-electron chi connectivity index (χ4n) is 8.73. The largest absolute Gasteiger partial charge is 2.00 e. The molecular weight excluding hydrogens is 876 g/mol. The summed E-state index contributed by atoms with van der Waals surface area (Å²) in [5.74, 6) is 0.854. The Hall–Kier alpha value is -6.22. The Morgan fingerprint density at radius 1 is 0.561 bits per heavy atom. The molecule has 0 bridgehead atoms. The minimum atomic E-state index is -0.760. The number of anilines is 3. The molecular formula is C52H40N4Pt. The van der Waals surface area contributed by atoms with Gasteiger partial charge in [-0.15, -0.1) is 22.6 Å². The molecule has 9 aromatic rings. The third-order valence-electron chi connectivity index (χ3n) is 11.4. The number of pyridine rings is 1. The molecule has 278 valence electrons. The average molecular weight is 916 g/mol. The Kier molecular flexibility index (Phi) is 9.60. The number of fused-ring (bicyclic) bond motifs is 4. The summed E-state index contributed by atoms with van der Waals surface area (Å²) >= 11 is 0. The van der Waals surface area contributed by atoms with E-state index in [-0.39, 0.29) is 21.1 Å². The Bertz CT molecular complexity index is 2790. The van der Waals surface area contributed by atoms with Gasteiger partial charge in [0.25, 0.3) is 0 Å². The number of hydrogen-bond donors (Lipinski definition) is 0. The molecule has 0 fully saturated rings. The maximum absolute atomic E-state index is 4.99. The van der Waals surface area contributed by atoms with Crippen LogP contribution < -0.4 is 9.80 Å². The number of hydrogen-bond acceptors (Lipinski definition) is 3. The number of para-hydroxylation sites is 3. The van der Waals surface area contributed by atoms with E-state index in [0.29, 0.717) is 6.04 Å². The molecule has 2 aromatic heterocycles. The first-order valence-corrected chi connectivity index (χ1v) is 19.4. The van der Waals surface area contributed by atoms with Crippen LogP contribution in [-0.4, -0.2) is 22.3 Å². The van der Waals surface area contributed by atoms with E-state index in [1.54, 1.807) is 0 Å². The van der Waals surface area contributed by atoms with Gasteiger partial charge in [0.2, 0.25) is 0 Å². The van der Waals surface area contributed by atoms with Crippen molar-refractivity contribution in [2.45, 2.75) is 25.3 Å². The maximum Gasteiger partial charge on any atom is 2.00 e. The standard InChI is InChI=1S/C52H40N4.Pt/c1-37(2)54-36-55(49-28-15-14-27-48(49)54)44-24-16-23-42(34-44)52(40-19-8-4-9-20-40,41-21-10-5-11-22-41)43-29-30-46-45-25-12-13-26-47(45)56(50(46)35-43)51-33-39(31-32-53-51)38-17-6-3-7-18-38;/h3-33,37H,36H2,1-2H3;/q-2;+2. The summed E-state index contributed by atoms with van der Waals surface area (Å²) in [5, 5.41) is 2.30. The first-order chi connectivity index (χ1) is 27.6. The molecule has 0 N–H and O–H groups in total. The second kappa shape index (κ2) is 15.0. The average Bonchev–Trinajstić information content (AvgIpc) is 3.82. The van der Waals surface area contributed by atoms with E-state index in [1.807, 2.05) is 6.20 Å². The summed E-state index contributed by atoms with van der Waals surface area (Å²) in [6.07, 6.45) is 1.91. The number of nitrogens with zero attached hydrogens (tertiary/aromatic N) is 4. The number of aromatic nitrogens is 2. The van der Waals surface area contributed by atoms with Crippen LogP contribution in [0.1, 0.15) is 36.1 Å². The summed E-state index contributed by atoms with van der Waals surface area (Å²) in [7, 11) is 0. The van der Waals surface area contributed by atoms with Gasteiger partial charge in [-0.25, -0.2) is 4.98 Å². The molecule has 4 nitrogen and oxygen atoms in total. The zero-order valence-corrected chi connectivity index (χ0v) is 34.1. The van der Waals surface area contributed by atoms with Crippen LogP contribution in [0.2, 0.25) is 0 Å². The first-order valence-electron chi connectivity index (χ1n) is 19.4. The molecule has 0 saturated heterocycles. The van der Waals surface area contributed by atoms with Gasteiger partial charge in [-0.3, -0.25) is 0 Å². The van der Waals surface area contributed by atoms with Crippen molar-refractivity contribution in [2.24, 2.45) is 0 Å². The van der Waals surface area contributed by atoms with Crippen molar-refractivity contribution >= 4 is 38.9 Å². The molecule has 0 spiro atoms. The Morgan fingerprint density at radius 2 is 1.19 bits per heavy atom. The predicted octanol–water partition coefficient (Wildman–Crippen LogP) is 12.2. The second-order valence-corrected chi connectivity index (χ2v) is 14.8. The zero-order valence-electron chi connectivity index (χ0n) is 31.8. The maximum atomic E-state index is 4.99. The third kappa shape index (κ3) is 6.07. The van der Waals surface area contributed by atoms with Crippen LogP contribution >= 0.6 is 0 Å². The summed E-state index contributed by atoms with van der Waals surface area (Å²) in [5.41, 5.74) is 11.4. The van der Waals surface area contributed by atoms with Gasteiger partial charge in [-0.05, 0) is 71.8 Å². The smallest absolute Gasteiger partial charge is 0.349 e. The van der Waals surface area contributed by atoms with E-state index in [9.17, 15) is 0 Å². The van der Waals surface area contributed by atoms with Gasteiger partial charge in [-0.1, -0.05) is 133 Å². The molecule has 7 aromatic carbocycles. The van der Waals surface area contributed by atoms with Crippen LogP contribution in [0.3, 0.4) is 0 Å². The molecule has 0 amide bonds. The van der Waals surface area contributed by atoms with Crippen LogP contribution in [0.4, 0.5) is 17.1 Å². The molecule has 0 atom stereocenters. The topological polar surface area (TPSA) is 24.3 Å². The van der Waals surface area contributed by atoms with E-state index in [2.05, 4.69) is 222 Å². The van der Waals surface area contributed by atoms with Crippen LogP contribution in [-0.2, 0) is 26.5 Å². The van der Waals surface area contributed by atoms with Gasteiger partial charge < -0.3 is 14.4 Å². The van der Waals surface area contributed by atoms with Gasteiger partial charge in [0.05, 0.1) is 18.0 Å². The van der Waals surface area contributed by atoms with E-state index in [1.165, 1.54) is 16.8 Å². The van der Waals surface area contributed by atoms with Crippen molar-refractivity contribution in [3.05, 3.63) is 223 Å². The van der Waals surface area contributed by atoms with Crippen molar-refractivity contribution in [3.8, 4) is 16.9 Å². The van der Waals surface area contributed by atoms with Gasteiger partial charge in [0.15, 0.2) is 0 Å². The zero-order chi connectivity index (χ0) is 37.6. The van der Waals surface area contributed by atoms with Crippen LogP contribution in [0.25, 0.3) is 38.8 Å². The van der Waals surface area contributed by atoms with E-state index in [4.69, 9.17) is 4.98 Å². The molecule has 0 radical (unpaired) electrons. The summed E-state index contributed by atoms with van der Waals surface area (Å²) in [6, 6.07) is 73.5. The fourth-order valence-corrected chi connectivity index (χ4v) is 8.73. The number of benzene rings is 7. The molecule has 3 heterocycles. The van der Waals surface area contributed by atoms with Crippen LogP contribution in [0.15, 0.2) is 188 Å². The molecule has 10 rings (SSSR count). The molecule has 57 heavy (non-hydrogen) atoms. The normalized spacial score (nSPS) is 12.6. The quantitative estimate of drug-likeness (QED) is 0.112. The predicted molar refractivity (Wildman–Crippen MR) is 231 cm³/mol. The molecule has 0 aliphatic carbocycles. The molecule has 1 aliphatic heterocycles. The fraction of sp³-hybridized carbons (Fsp3) is 0.0962. The van der Waals surface area contributed by atoms with Crippen molar-refractivity contribution in [3.63, 3.8) is 0 Å². The Balaban J connectivity index is 0.00000422. The molecule has 0 saturated carbocycles. The molecule has 0 unspecified atom stereocenters. The Labute approximate surface area is 349 Å². The Morgan fingerprint density at radius 3 is 1.91 bits per heavy atom. The van der Waals surface area contributed by atoms with Crippen molar-refractivity contribution in [1.29, 1.82) is 0 Å². The molecule has 5 heteroatoms. The first kappa shape index (κ1) is 36.4. The van der Waals surface area contributed by atoms with Crippen molar-refractivity contribution in [1.82, 2.24) is 9.55 Å². The second-order valence-electron chi connectivity index (χ2n) is 14.8. The number of rotatable bonds is 8. The van der Waals surface area contributed by atoms with Gasteiger partial charge >= 0.3 is 21.1 Å². The van der Waals surface area contributed by atoms with Crippen LogP contribution in [0, 0.1) is 12.1 Å². The minimum Gasteiger partial charge on any atom is -0.349 e. The van der Waals surface area contributed by atoms with E-state index < -0.39 is 5.41 Å². The van der Waals surface area contributed by atoms with Crippen LogP contribution in [0.5, 0.6) is 0 Å². The van der Waals surface area contributed by atoms with Crippen molar-refractivity contribution < 1.29 is 21.1 Å². The molecule has 1 aliphatic rings. The SMILES string of the molecule is CC(C)N1CN(c2[c-]c(C(c3[c-]c4c(cc3)c3ccccc3n4-c3cc(-c4ccccc4)ccn3)(c3ccccc3)c3ccccc3)ccc2)c2ccccc21.[Pt+2]. The monoisotopic (exact) mass is 915 g/mol. The third-order valence-corrected chi connectivity index (χ3v) is 11.4. The minimum absolute atomic E-state index is 0. The van der Waals surface area contributed by atoms with Gasteiger partial charge in [-0.2, -0.15) is 36.4 Å². The summed E-state index contributed by atoms with van der Waals surface area (Å²) in [6.45, 7) is 5.28. The van der Waals surface area contributed by atoms with Crippen molar-refractivity contribution in [2.75, 3.05) is 16.5 Å².